The molecule has 0 radical (unpaired) electrons. The zero-order valence-corrected chi connectivity index (χ0v) is 22.3. The zero-order chi connectivity index (χ0) is 27.9. The largest absolute Gasteiger partial charge is 0.514 e. The first-order chi connectivity index (χ1) is 19.3. The fraction of sp³-hybridized carbons (Fsp3) is 0.375. The topological polar surface area (TPSA) is 105 Å². The molecule has 206 valence electrons. The summed E-state index contributed by atoms with van der Waals surface area (Å²) in [6.07, 6.45) is 4.71. The molecule has 2 fully saturated rings. The van der Waals surface area contributed by atoms with Crippen molar-refractivity contribution in [3.05, 3.63) is 99.6 Å². The first kappa shape index (κ1) is 26.0. The summed E-state index contributed by atoms with van der Waals surface area (Å²) < 4.78 is 16.9. The molecule has 6 rings (SSSR count). The normalized spacial score (nSPS) is 26.5. The first-order valence-corrected chi connectivity index (χ1v) is 13.8. The van der Waals surface area contributed by atoms with E-state index in [0.717, 1.165) is 38.5 Å². The van der Waals surface area contributed by atoms with Crippen LogP contribution in [0.3, 0.4) is 0 Å². The highest BCUT2D eigenvalue weighted by molar-refractivity contribution is 5.91. The van der Waals surface area contributed by atoms with Gasteiger partial charge in [-0.25, -0.2) is 9.59 Å². The number of carbonyl (C=O) groups excluding carboxylic acids is 2. The molecular weight excluding hydrogens is 510 g/mol. The maximum absolute atomic E-state index is 12.6. The Balaban J connectivity index is 1.11. The Hall–Kier alpha value is -4.20. The molecule has 0 saturated heterocycles. The number of non-ortho nitro benzene ring substituents is 1. The molecule has 2 saturated carbocycles. The highest BCUT2D eigenvalue weighted by atomic mass is 16.7. The number of esters is 1. The van der Waals surface area contributed by atoms with E-state index in [1.165, 1.54) is 35.4 Å². The molecule has 0 spiro atoms. The fourth-order valence-corrected chi connectivity index (χ4v) is 7.38. The molecule has 0 aromatic heterocycles. The minimum absolute atomic E-state index is 0.0675. The van der Waals surface area contributed by atoms with Crippen LogP contribution < -0.4 is 9.47 Å². The van der Waals surface area contributed by atoms with E-state index in [1.54, 1.807) is 12.1 Å². The molecule has 3 aromatic rings. The van der Waals surface area contributed by atoms with E-state index in [4.69, 9.17) is 14.2 Å². The molecule has 5 atom stereocenters. The number of nitro groups is 1. The van der Waals surface area contributed by atoms with Gasteiger partial charge in [0, 0.05) is 17.5 Å². The monoisotopic (exact) mass is 541 g/mol. The van der Waals surface area contributed by atoms with Crippen molar-refractivity contribution >= 4 is 17.8 Å². The van der Waals surface area contributed by atoms with Crippen LogP contribution in [0.15, 0.2) is 72.8 Å². The van der Waals surface area contributed by atoms with Crippen LogP contribution in [-0.2, 0) is 11.2 Å². The molecule has 3 aromatic carbocycles. The highest BCUT2D eigenvalue weighted by Crippen LogP contribution is 2.61. The van der Waals surface area contributed by atoms with Crippen LogP contribution >= 0.6 is 0 Å². The Morgan fingerprint density at radius 2 is 1.65 bits per heavy atom. The van der Waals surface area contributed by atoms with Crippen LogP contribution in [0.1, 0.15) is 66.4 Å². The number of rotatable bonds is 5. The Labute approximate surface area is 232 Å². The second-order valence-electron chi connectivity index (χ2n) is 11.4. The van der Waals surface area contributed by atoms with Gasteiger partial charge in [0.2, 0.25) is 0 Å². The maximum atomic E-state index is 12.6. The summed E-state index contributed by atoms with van der Waals surface area (Å²) in [5, 5.41) is 10.9. The summed E-state index contributed by atoms with van der Waals surface area (Å²) in [4.78, 5) is 35.5. The summed E-state index contributed by atoms with van der Waals surface area (Å²) in [6, 6.07) is 20.5. The molecule has 3 aliphatic rings. The molecule has 8 nitrogen and oxygen atoms in total. The number of nitro benzene ring substituents is 1. The number of fused-ring (bicyclic) bond motifs is 5. The van der Waals surface area contributed by atoms with E-state index in [-0.39, 0.29) is 28.9 Å². The predicted octanol–water partition coefficient (Wildman–Crippen LogP) is 7.25. The van der Waals surface area contributed by atoms with Crippen molar-refractivity contribution in [3.63, 3.8) is 0 Å². The molecular formula is C32H31NO7. The SMILES string of the molecule is CC12CCC3c4ccc(OC(=O)c5ccccc5)cc4CCC3C1CCC2OC(=O)Oc1ccc([N+](=O)[O-])cc1. The van der Waals surface area contributed by atoms with Crippen molar-refractivity contribution in [2.75, 3.05) is 0 Å². The Bertz CT molecular complexity index is 1440. The van der Waals surface area contributed by atoms with Crippen molar-refractivity contribution in [1.82, 2.24) is 0 Å². The Morgan fingerprint density at radius 1 is 0.900 bits per heavy atom. The quantitative estimate of drug-likeness (QED) is 0.110. The average molecular weight is 542 g/mol. The number of nitrogens with zero attached hydrogens (tertiary/aromatic N) is 1. The molecule has 0 amide bonds. The minimum Gasteiger partial charge on any atom is -0.430 e. The number of hydrogen-bond donors (Lipinski definition) is 0. The van der Waals surface area contributed by atoms with E-state index in [9.17, 15) is 19.7 Å². The van der Waals surface area contributed by atoms with Gasteiger partial charge in [-0.3, -0.25) is 10.1 Å². The first-order valence-electron chi connectivity index (χ1n) is 13.8. The second-order valence-corrected chi connectivity index (χ2v) is 11.4. The Kier molecular flexibility index (Phi) is 6.78. The molecule has 0 heterocycles. The van der Waals surface area contributed by atoms with Crippen molar-refractivity contribution in [1.29, 1.82) is 0 Å². The van der Waals surface area contributed by atoms with Crippen molar-refractivity contribution in [3.8, 4) is 11.5 Å². The van der Waals surface area contributed by atoms with E-state index in [0.29, 0.717) is 29.1 Å². The van der Waals surface area contributed by atoms with Gasteiger partial charge in [-0.2, -0.15) is 0 Å². The standard InChI is InChI=1S/C32H31NO7/c1-32-18-17-26-25-14-12-24(38-30(34)20-5-3-2-4-6-20)19-21(25)7-13-27(26)28(32)15-16-29(32)40-31(35)39-23-10-8-22(9-11-23)33(36)37/h2-6,8-12,14,19,26-29H,7,13,15-18H2,1H3. The molecule has 0 bridgehead atoms. The van der Waals surface area contributed by atoms with Crippen LogP contribution in [0.4, 0.5) is 10.5 Å². The highest BCUT2D eigenvalue weighted by Gasteiger charge is 2.56. The van der Waals surface area contributed by atoms with Gasteiger partial charge in [-0.1, -0.05) is 31.2 Å². The number of benzene rings is 3. The van der Waals surface area contributed by atoms with Gasteiger partial charge in [-0.15, -0.1) is 0 Å². The summed E-state index contributed by atoms with van der Waals surface area (Å²) >= 11 is 0. The predicted molar refractivity (Wildman–Crippen MR) is 146 cm³/mol. The van der Waals surface area contributed by atoms with Crippen molar-refractivity contribution in [2.24, 2.45) is 17.3 Å². The van der Waals surface area contributed by atoms with Gasteiger partial charge in [0.15, 0.2) is 0 Å². The third-order valence-corrected chi connectivity index (χ3v) is 9.32. The van der Waals surface area contributed by atoms with Crippen molar-refractivity contribution in [2.45, 2.75) is 57.5 Å². The van der Waals surface area contributed by atoms with Crippen LogP contribution in [0.2, 0.25) is 0 Å². The smallest absolute Gasteiger partial charge is 0.430 e. The lowest BCUT2D eigenvalue weighted by molar-refractivity contribution is -0.384. The summed E-state index contributed by atoms with van der Waals surface area (Å²) in [6.45, 7) is 2.24. The third kappa shape index (κ3) is 4.83. The molecule has 5 unspecified atom stereocenters. The van der Waals surface area contributed by atoms with Crippen LogP contribution in [-0.4, -0.2) is 23.2 Å². The maximum Gasteiger partial charge on any atom is 0.514 e. The zero-order valence-electron chi connectivity index (χ0n) is 22.3. The van der Waals surface area contributed by atoms with Crippen LogP contribution in [0, 0.1) is 27.4 Å². The number of aryl methyl sites for hydroxylation is 1. The minimum atomic E-state index is -0.769. The lowest BCUT2D eigenvalue weighted by atomic mass is 9.55. The van der Waals surface area contributed by atoms with Crippen LogP contribution in [0.5, 0.6) is 11.5 Å². The van der Waals surface area contributed by atoms with Crippen LogP contribution in [0.25, 0.3) is 0 Å². The number of hydrogen-bond acceptors (Lipinski definition) is 7. The molecule has 40 heavy (non-hydrogen) atoms. The van der Waals surface area contributed by atoms with Gasteiger partial charge in [-0.05, 0) is 104 Å². The van der Waals surface area contributed by atoms with E-state index >= 15 is 0 Å². The van der Waals surface area contributed by atoms with Crippen molar-refractivity contribution < 1.29 is 28.7 Å². The molecule has 0 aliphatic heterocycles. The summed E-state index contributed by atoms with van der Waals surface area (Å²) in [7, 11) is 0. The summed E-state index contributed by atoms with van der Waals surface area (Å²) in [5.74, 6) is 1.82. The molecule has 0 N–H and O–H groups in total. The molecule has 8 heteroatoms. The van der Waals surface area contributed by atoms with Gasteiger partial charge in [0.25, 0.3) is 5.69 Å². The second kappa shape index (κ2) is 10.4. The summed E-state index contributed by atoms with van der Waals surface area (Å²) in [5.41, 5.74) is 2.93. The third-order valence-electron chi connectivity index (χ3n) is 9.32. The number of carbonyl (C=O) groups is 2. The Morgan fingerprint density at radius 3 is 2.40 bits per heavy atom. The van der Waals surface area contributed by atoms with E-state index in [1.807, 2.05) is 30.3 Å². The number of ether oxygens (including phenoxy) is 3. The van der Waals surface area contributed by atoms with E-state index in [2.05, 4.69) is 13.0 Å². The van der Waals surface area contributed by atoms with Gasteiger partial charge in [0.05, 0.1) is 10.5 Å². The lowest BCUT2D eigenvalue weighted by Crippen LogP contribution is -2.45. The van der Waals surface area contributed by atoms with E-state index < -0.39 is 11.1 Å². The average Bonchev–Trinajstić information content (AvgIpc) is 3.29. The fourth-order valence-electron chi connectivity index (χ4n) is 7.38. The lowest BCUT2D eigenvalue weighted by Gasteiger charge is -2.50. The molecule has 3 aliphatic carbocycles. The van der Waals surface area contributed by atoms with Gasteiger partial charge < -0.3 is 14.2 Å². The van der Waals surface area contributed by atoms with Gasteiger partial charge >= 0.3 is 12.1 Å². The van der Waals surface area contributed by atoms with Gasteiger partial charge in [0.1, 0.15) is 17.6 Å².